The third-order valence-corrected chi connectivity index (χ3v) is 2.63. The van der Waals surface area contributed by atoms with Gasteiger partial charge in [0.1, 0.15) is 11.9 Å². The first kappa shape index (κ1) is 12.1. The molecule has 1 unspecified atom stereocenters. The standard InChI is InChI=1S/C13H11NO4/c15-12-7-6-10(14(17)18)8-11(12)13(16)9-4-2-1-3-5-9/h1-8,13,15-16H. The summed E-state index contributed by atoms with van der Waals surface area (Å²) in [7, 11) is 0. The Bertz CT molecular complexity index is 568. The van der Waals surface area contributed by atoms with E-state index in [4.69, 9.17) is 0 Å². The predicted octanol–water partition coefficient (Wildman–Crippen LogP) is 2.38. The molecule has 0 saturated carbocycles. The highest BCUT2D eigenvalue weighted by molar-refractivity contribution is 5.46. The molecule has 0 spiro atoms. The van der Waals surface area contributed by atoms with Gasteiger partial charge < -0.3 is 10.2 Å². The van der Waals surface area contributed by atoms with Crippen molar-refractivity contribution in [3.8, 4) is 5.75 Å². The lowest BCUT2D eigenvalue weighted by Crippen LogP contribution is -2.01. The number of aliphatic hydroxyl groups excluding tert-OH is 1. The molecule has 2 N–H and O–H groups in total. The van der Waals surface area contributed by atoms with Crippen molar-refractivity contribution in [3.63, 3.8) is 0 Å². The first-order valence-corrected chi connectivity index (χ1v) is 5.30. The van der Waals surface area contributed by atoms with Gasteiger partial charge in [0.15, 0.2) is 0 Å². The van der Waals surface area contributed by atoms with E-state index in [-0.39, 0.29) is 17.0 Å². The second kappa shape index (κ2) is 4.85. The molecule has 0 aliphatic carbocycles. The third kappa shape index (κ3) is 2.31. The normalized spacial score (nSPS) is 12.1. The van der Waals surface area contributed by atoms with Crippen molar-refractivity contribution in [3.05, 3.63) is 69.8 Å². The van der Waals surface area contributed by atoms with Crippen LogP contribution in [0.15, 0.2) is 48.5 Å². The molecule has 5 heteroatoms. The summed E-state index contributed by atoms with van der Waals surface area (Å²) in [5.41, 5.74) is 0.515. The minimum atomic E-state index is -1.09. The first-order valence-electron chi connectivity index (χ1n) is 5.30. The molecular formula is C13H11NO4. The molecule has 2 aromatic rings. The van der Waals surface area contributed by atoms with Crippen molar-refractivity contribution in [1.82, 2.24) is 0 Å². The molecule has 2 rings (SSSR count). The molecule has 1 atom stereocenters. The van der Waals surface area contributed by atoms with Crippen LogP contribution in [0.2, 0.25) is 0 Å². The Morgan fingerprint density at radius 3 is 2.39 bits per heavy atom. The Balaban J connectivity index is 2.44. The van der Waals surface area contributed by atoms with Gasteiger partial charge in [-0.25, -0.2) is 0 Å². The second-order valence-electron chi connectivity index (χ2n) is 3.81. The maximum Gasteiger partial charge on any atom is 0.270 e. The average molecular weight is 245 g/mol. The number of benzene rings is 2. The van der Waals surface area contributed by atoms with Crippen LogP contribution >= 0.6 is 0 Å². The zero-order valence-corrected chi connectivity index (χ0v) is 9.35. The number of phenols is 1. The Morgan fingerprint density at radius 2 is 1.78 bits per heavy atom. The highest BCUT2D eigenvalue weighted by Crippen LogP contribution is 2.31. The molecule has 0 saturated heterocycles. The van der Waals surface area contributed by atoms with E-state index < -0.39 is 11.0 Å². The summed E-state index contributed by atoms with van der Waals surface area (Å²) >= 11 is 0. The smallest absolute Gasteiger partial charge is 0.270 e. The van der Waals surface area contributed by atoms with E-state index in [1.54, 1.807) is 30.3 Å². The van der Waals surface area contributed by atoms with Gasteiger partial charge in [0.25, 0.3) is 5.69 Å². The molecule has 0 bridgehead atoms. The zero-order chi connectivity index (χ0) is 13.1. The molecule has 0 aliphatic heterocycles. The fourth-order valence-corrected chi connectivity index (χ4v) is 1.69. The molecule has 5 nitrogen and oxygen atoms in total. The molecule has 0 fully saturated rings. The van der Waals surface area contributed by atoms with Crippen LogP contribution in [0.25, 0.3) is 0 Å². The van der Waals surface area contributed by atoms with Gasteiger partial charge in [-0.2, -0.15) is 0 Å². The molecule has 18 heavy (non-hydrogen) atoms. The first-order chi connectivity index (χ1) is 8.59. The topological polar surface area (TPSA) is 83.6 Å². The summed E-state index contributed by atoms with van der Waals surface area (Å²) in [5.74, 6) is -0.169. The lowest BCUT2D eigenvalue weighted by Gasteiger charge is -2.12. The quantitative estimate of drug-likeness (QED) is 0.642. The van der Waals surface area contributed by atoms with E-state index in [1.165, 1.54) is 18.2 Å². The van der Waals surface area contributed by atoms with Crippen molar-refractivity contribution in [2.75, 3.05) is 0 Å². The van der Waals surface area contributed by atoms with Crippen LogP contribution in [0.3, 0.4) is 0 Å². The van der Waals surface area contributed by atoms with E-state index in [1.807, 2.05) is 0 Å². The highest BCUT2D eigenvalue weighted by atomic mass is 16.6. The molecule has 2 aromatic carbocycles. The predicted molar refractivity (Wildman–Crippen MR) is 65.3 cm³/mol. The van der Waals surface area contributed by atoms with Crippen LogP contribution < -0.4 is 0 Å². The Labute approximate surface area is 103 Å². The molecule has 0 radical (unpaired) electrons. The lowest BCUT2D eigenvalue weighted by molar-refractivity contribution is -0.385. The van der Waals surface area contributed by atoms with Gasteiger partial charge in [-0.15, -0.1) is 0 Å². The van der Waals surface area contributed by atoms with Crippen LogP contribution in [0.5, 0.6) is 5.75 Å². The molecule has 0 amide bonds. The summed E-state index contributed by atoms with van der Waals surface area (Å²) < 4.78 is 0. The SMILES string of the molecule is O=[N+]([O-])c1ccc(O)c(C(O)c2ccccc2)c1. The van der Waals surface area contributed by atoms with E-state index in [0.717, 1.165) is 0 Å². The van der Waals surface area contributed by atoms with Crippen molar-refractivity contribution in [2.45, 2.75) is 6.10 Å². The van der Waals surface area contributed by atoms with Gasteiger partial charge in [-0.05, 0) is 11.6 Å². The summed E-state index contributed by atoms with van der Waals surface area (Å²) in [6, 6.07) is 12.2. The van der Waals surface area contributed by atoms with E-state index in [2.05, 4.69) is 0 Å². The zero-order valence-electron chi connectivity index (χ0n) is 9.35. The summed E-state index contributed by atoms with van der Waals surface area (Å²) in [6.45, 7) is 0. The number of hydrogen-bond acceptors (Lipinski definition) is 4. The Kier molecular flexibility index (Phi) is 3.25. The fraction of sp³-hybridized carbons (Fsp3) is 0.0769. The van der Waals surface area contributed by atoms with Crippen LogP contribution in [-0.2, 0) is 0 Å². The molecule has 0 aromatic heterocycles. The lowest BCUT2D eigenvalue weighted by atomic mass is 10.0. The van der Waals surface area contributed by atoms with Crippen molar-refractivity contribution >= 4 is 5.69 Å². The van der Waals surface area contributed by atoms with Gasteiger partial charge in [0.05, 0.1) is 4.92 Å². The Hall–Kier alpha value is -2.40. The number of aromatic hydroxyl groups is 1. The summed E-state index contributed by atoms with van der Waals surface area (Å²) in [6.07, 6.45) is -1.09. The molecular weight excluding hydrogens is 234 g/mol. The van der Waals surface area contributed by atoms with Crippen molar-refractivity contribution in [2.24, 2.45) is 0 Å². The fourth-order valence-electron chi connectivity index (χ4n) is 1.69. The second-order valence-corrected chi connectivity index (χ2v) is 3.81. The molecule has 0 heterocycles. The molecule has 0 aliphatic rings. The minimum Gasteiger partial charge on any atom is -0.508 e. The minimum absolute atomic E-state index is 0.121. The van der Waals surface area contributed by atoms with Crippen LogP contribution in [0, 0.1) is 10.1 Å². The maximum atomic E-state index is 10.7. The van der Waals surface area contributed by atoms with Crippen LogP contribution in [0.4, 0.5) is 5.69 Å². The summed E-state index contributed by atoms with van der Waals surface area (Å²) in [4.78, 5) is 10.1. The van der Waals surface area contributed by atoms with Crippen LogP contribution in [-0.4, -0.2) is 15.1 Å². The number of phenolic OH excluding ortho intramolecular Hbond substituents is 1. The number of non-ortho nitro benzene ring substituents is 1. The van der Waals surface area contributed by atoms with Gasteiger partial charge in [-0.1, -0.05) is 30.3 Å². The summed E-state index contributed by atoms with van der Waals surface area (Å²) in [5, 5.41) is 30.4. The van der Waals surface area contributed by atoms with Crippen molar-refractivity contribution < 1.29 is 15.1 Å². The number of nitrogens with zero attached hydrogens (tertiary/aromatic N) is 1. The van der Waals surface area contributed by atoms with E-state index in [9.17, 15) is 20.3 Å². The third-order valence-electron chi connectivity index (χ3n) is 2.63. The van der Waals surface area contributed by atoms with Gasteiger partial charge in [0.2, 0.25) is 0 Å². The van der Waals surface area contributed by atoms with Gasteiger partial charge in [0, 0.05) is 17.7 Å². The maximum absolute atomic E-state index is 10.7. The number of aliphatic hydroxyl groups is 1. The largest absolute Gasteiger partial charge is 0.508 e. The number of nitro benzene ring substituents is 1. The van der Waals surface area contributed by atoms with Crippen molar-refractivity contribution in [1.29, 1.82) is 0 Å². The molecule has 92 valence electrons. The average Bonchev–Trinajstić information content (AvgIpc) is 2.39. The van der Waals surface area contributed by atoms with Crippen LogP contribution in [0.1, 0.15) is 17.2 Å². The monoisotopic (exact) mass is 245 g/mol. The van der Waals surface area contributed by atoms with E-state index >= 15 is 0 Å². The highest BCUT2D eigenvalue weighted by Gasteiger charge is 2.18. The van der Waals surface area contributed by atoms with E-state index in [0.29, 0.717) is 5.56 Å². The van der Waals surface area contributed by atoms with Gasteiger partial charge in [-0.3, -0.25) is 10.1 Å². The van der Waals surface area contributed by atoms with Gasteiger partial charge >= 0.3 is 0 Å². The number of rotatable bonds is 3. The number of hydrogen-bond donors (Lipinski definition) is 2. The number of nitro groups is 1. The Morgan fingerprint density at radius 1 is 1.11 bits per heavy atom.